The Morgan fingerprint density at radius 2 is 1.95 bits per heavy atom. The van der Waals surface area contributed by atoms with Crippen LogP contribution in [-0.4, -0.2) is 37.4 Å². The van der Waals surface area contributed by atoms with E-state index in [9.17, 15) is 4.79 Å². The van der Waals surface area contributed by atoms with Crippen molar-refractivity contribution in [3.8, 4) is 0 Å². The van der Waals surface area contributed by atoms with E-state index in [4.69, 9.17) is 9.47 Å². The van der Waals surface area contributed by atoms with Crippen molar-refractivity contribution in [2.24, 2.45) is 5.92 Å². The molecule has 0 radical (unpaired) electrons. The van der Waals surface area contributed by atoms with E-state index < -0.39 is 5.54 Å². The first-order valence-electron chi connectivity index (χ1n) is 8.59. The second-order valence-corrected chi connectivity index (χ2v) is 6.38. The zero-order chi connectivity index (χ0) is 15.7. The van der Waals surface area contributed by atoms with Crippen molar-refractivity contribution in [1.29, 1.82) is 0 Å². The summed E-state index contributed by atoms with van der Waals surface area (Å²) in [5.74, 6) is 0.212. The molecule has 0 heterocycles. The van der Waals surface area contributed by atoms with Crippen molar-refractivity contribution in [1.82, 2.24) is 5.32 Å². The lowest BCUT2D eigenvalue weighted by Crippen LogP contribution is -2.60. The maximum atomic E-state index is 12.5. The molecule has 124 valence electrons. The van der Waals surface area contributed by atoms with Gasteiger partial charge in [-0.3, -0.25) is 5.32 Å². The van der Waals surface area contributed by atoms with Gasteiger partial charge in [0.05, 0.1) is 13.2 Å². The quantitative estimate of drug-likeness (QED) is 0.444. The molecular weight excluding hydrogens is 266 g/mol. The van der Waals surface area contributed by atoms with Crippen LogP contribution in [0.1, 0.15) is 66.2 Å². The fraction of sp³-hybridized carbons (Fsp3) is 0.941. The Hall–Kier alpha value is -0.610. The number of hydrogen-bond donors (Lipinski definition) is 1. The number of rotatable bonds is 12. The van der Waals surface area contributed by atoms with Crippen LogP contribution in [0.2, 0.25) is 0 Å². The van der Waals surface area contributed by atoms with Crippen LogP contribution in [0.25, 0.3) is 0 Å². The number of carbonyl (C=O) groups is 1. The van der Waals surface area contributed by atoms with Crippen molar-refractivity contribution in [2.45, 2.75) is 77.8 Å². The molecule has 4 heteroatoms. The second-order valence-electron chi connectivity index (χ2n) is 6.38. The third-order valence-corrected chi connectivity index (χ3v) is 3.93. The van der Waals surface area contributed by atoms with E-state index in [-0.39, 0.29) is 12.0 Å². The first-order chi connectivity index (χ1) is 10.1. The number of unbranched alkanes of at least 4 members (excludes halogenated alkanes) is 3. The minimum atomic E-state index is -0.644. The number of ether oxygens (including phenoxy) is 2. The summed E-state index contributed by atoms with van der Waals surface area (Å²) < 4.78 is 11.2. The summed E-state index contributed by atoms with van der Waals surface area (Å²) >= 11 is 0. The highest BCUT2D eigenvalue weighted by Gasteiger charge is 2.52. The zero-order valence-electron chi connectivity index (χ0n) is 14.2. The molecule has 1 saturated carbocycles. The molecule has 1 unspecified atom stereocenters. The smallest absolute Gasteiger partial charge is 0.329 e. The van der Waals surface area contributed by atoms with Gasteiger partial charge in [0.15, 0.2) is 0 Å². The lowest BCUT2D eigenvalue weighted by Gasteiger charge is -2.34. The molecule has 0 bridgehead atoms. The minimum Gasteiger partial charge on any atom is -0.465 e. The van der Waals surface area contributed by atoms with E-state index in [1.54, 1.807) is 0 Å². The normalized spacial score (nSPS) is 17.8. The molecule has 0 aromatic carbocycles. The van der Waals surface area contributed by atoms with Gasteiger partial charge in [-0.1, -0.05) is 26.2 Å². The maximum absolute atomic E-state index is 12.5. The molecular formula is C17H33NO3. The van der Waals surface area contributed by atoms with E-state index in [0.717, 1.165) is 25.9 Å². The summed E-state index contributed by atoms with van der Waals surface area (Å²) in [6.07, 6.45) is 6.90. The predicted molar refractivity (Wildman–Crippen MR) is 85.3 cm³/mol. The minimum absolute atomic E-state index is 0.144. The van der Waals surface area contributed by atoms with E-state index >= 15 is 0 Å². The van der Waals surface area contributed by atoms with Crippen molar-refractivity contribution in [3.05, 3.63) is 0 Å². The van der Waals surface area contributed by atoms with Crippen LogP contribution in [-0.2, 0) is 14.3 Å². The highest BCUT2D eigenvalue weighted by Crippen LogP contribution is 2.41. The molecule has 1 atom stereocenters. The van der Waals surface area contributed by atoms with Crippen LogP contribution in [0.4, 0.5) is 0 Å². The van der Waals surface area contributed by atoms with Crippen molar-refractivity contribution in [3.63, 3.8) is 0 Å². The molecule has 0 amide bonds. The molecule has 1 aliphatic rings. The van der Waals surface area contributed by atoms with Gasteiger partial charge in [0, 0.05) is 12.6 Å². The van der Waals surface area contributed by atoms with Gasteiger partial charge in [0.1, 0.15) is 5.54 Å². The van der Waals surface area contributed by atoms with Crippen molar-refractivity contribution >= 4 is 5.97 Å². The summed E-state index contributed by atoms with van der Waals surface area (Å²) in [7, 11) is 0. The Bertz CT molecular complexity index is 302. The second kappa shape index (κ2) is 9.42. The van der Waals surface area contributed by atoms with Crippen LogP contribution in [0.15, 0.2) is 0 Å². The summed E-state index contributed by atoms with van der Waals surface area (Å²) in [5, 5.41) is 3.44. The highest BCUT2D eigenvalue weighted by molar-refractivity contribution is 5.82. The first kappa shape index (κ1) is 18.4. The molecule has 1 fully saturated rings. The van der Waals surface area contributed by atoms with Crippen molar-refractivity contribution < 1.29 is 14.3 Å². The molecule has 1 aliphatic carbocycles. The van der Waals surface area contributed by atoms with Crippen LogP contribution >= 0.6 is 0 Å². The highest BCUT2D eigenvalue weighted by atomic mass is 16.5. The van der Waals surface area contributed by atoms with E-state index in [0.29, 0.717) is 19.1 Å². The lowest BCUT2D eigenvalue weighted by atomic mass is 9.93. The monoisotopic (exact) mass is 299 g/mol. The van der Waals surface area contributed by atoms with Gasteiger partial charge in [0.2, 0.25) is 0 Å². The Labute approximate surface area is 130 Å². The molecule has 1 N–H and O–H groups in total. The number of carbonyl (C=O) groups excluding carboxylic acids is 1. The maximum Gasteiger partial charge on any atom is 0.329 e. The topological polar surface area (TPSA) is 47.6 Å². The number of esters is 1. The molecule has 0 spiro atoms. The summed E-state index contributed by atoms with van der Waals surface area (Å²) in [5.41, 5.74) is -0.644. The molecule has 4 nitrogen and oxygen atoms in total. The third kappa shape index (κ3) is 5.95. The standard InChI is InChI=1S/C17H33NO3/c1-5-7-8-9-12-20-13-17(15-10-11-15,18-14(3)4)16(19)21-6-2/h14-15,18H,5-13H2,1-4H3. The van der Waals surface area contributed by atoms with E-state index in [2.05, 4.69) is 26.1 Å². The Morgan fingerprint density at radius 3 is 2.48 bits per heavy atom. The van der Waals surface area contributed by atoms with Gasteiger partial charge in [0.25, 0.3) is 0 Å². The lowest BCUT2D eigenvalue weighted by molar-refractivity contribution is -0.156. The van der Waals surface area contributed by atoms with Crippen molar-refractivity contribution in [2.75, 3.05) is 19.8 Å². The van der Waals surface area contributed by atoms with Crippen LogP contribution in [0.5, 0.6) is 0 Å². The van der Waals surface area contributed by atoms with Gasteiger partial charge in [-0.25, -0.2) is 4.79 Å². The molecule has 0 aliphatic heterocycles. The number of hydrogen-bond acceptors (Lipinski definition) is 4. The van der Waals surface area contributed by atoms with Crippen LogP contribution in [0.3, 0.4) is 0 Å². The average molecular weight is 299 g/mol. The number of nitrogens with one attached hydrogen (secondary N) is 1. The van der Waals surface area contributed by atoms with E-state index in [1.807, 2.05) is 6.92 Å². The Balaban J connectivity index is 2.55. The molecule has 0 aromatic heterocycles. The fourth-order valence-corrected chi connectivity index (χ4v) is 2.78. The van der Waals surface area contributed by atoms with Gasteiger partial charge >= 0.3 is 5.97 Å². The third-order valence-electron chi connectivity index (χ3n) is 3.93. The van der Waals surface area contributed by atoms with E-state index in [1.165, 1.54) is 19.3 Å². The predicted octanol–water partition coefficient (Wildman–Crippen LogP) is 3.29. The largest absolute Gasteiger partial charge is 0.465 e. The molecule has 21 heavy (non-hydrogen) atoms. The van der Waals surface area contributed by atoms with Gasteiger partial charge in [-0.2, -0.15) is 0 Å². The summed E-state index contributed by atoms with van der Waals surface area (Å²) in [4.78, 5) is 12.5. The van der Waals surface area contributed by atoms with Crippen LogP contribution < -0.4 is 5.32 Å². The van der Waals surface area contributed by atoms with Gasteiger partial charge in [-0.15, -0.1) is 0 Å². The average Bonchev–Trinajstić information content (AvgIpc) is 3.26. The molecule has 0 aromatic rings. The first-order valence-corrected chi connectivity index (χ1v) is 8.59. The zero-order valence-corrected chi connectivity index (χ0v) is 14.2. The summed E-state index contributed by atoms with van der Waals surface area (Å²) in [6.45, 7) is 9.77. The Kier molecular flexibility index (Phi) is 8.27. The Morgan fingerprint density at radius 1 is 1.24 bits per heavy atom. The molecule has 0 saturated heterocycles. The summed E-state index contributed by atoms with van der Waals surface area (Å²) in [6, 6.07) is 0.235. The van der Waals surface area contributed by atoms with Crippen LogP contribution in [0, 0.1) is 5.92 Å². The molecule has 1 rings (SSSR count). The SMILES string of the molecule is CCCCCCOCC(NC(C)C)(C(=O)OCC)C1CC1. The fourth-order valence-electron chi connectivity index (χ4n) is 2.78. The van der Waals surface area contributed by atoms with Gasteiger partial charge < -0.3 is 9.47 Å². The van der Waals surface area contributed by atoms with Gasteiger partial charge in [-0.05, 0) is 46.0 Å².